The first-order valence-corrected chi connectivity index (χ1v) is 6.81. The first-order chi connectivity index (χ1) is 5.06. The van der Waals surface area contributed by atoms with Gasteiger partial charge in [0, 0.05) is 5.88 Å². The molecular formula is C4H8Cl3O3P. The number of ether oxygens (including phenoxy) is 1. The standard InChI is InChI=1S/C4H8Cl3O3P/c5-1-2-9-3-4-10-11(6,7)8/h1-4H2. The fourth-order valence-corrected chi connectivity index (χ4v) is 1.17. The van der Waals surface area contributed by atoms with Gasteiger partial charge < -0.3 is 9.26 Å². The van der Waals surface area contributed by atoms with E-state index in [9.17, 15) is 4.57 Å². The molecule has 7 heteroatoms. The Kier molecular flexibility index (Phi) is 7.13. The third kappa shape index (κ3) is 11.0. The second-order valence-electron chi connectivity index (χ2n) is 1.55. The third-order valence-corrected chi connectivity index (χ3v) is 1.91. The van der Waals surface area contributed by atoms with Crippen molar-refractivity contribution in [1.82, 2.24) is 0 Å². The fourth-order valence-electron chi connectivity index (χ4n) is 0.359. The van der Waals surface area contributed by atoms with E-state index in [4.69, 9.17) is 38.8 Å². The molecule has 0 aliphatic heterocycles. The summed E-state index contributed by atoms with van der Waals surface area (Å²) in [4.78, 5) is 0. The van der Waals surface area contributed by atoms with Crippen LogP contribution in [0.3, 0.4) is 0 Å². The topological polar surface area (TPSA) is 35.5 Å². The van der Waals surface area contributed by atoms with Crippen LogP contribution in [0, 0.1) is 0 Å². The number of hydrogen-bond acceptors (Lipinski definition) is 3. The molecule has 0 atom stereocenters. The lowest BCUT2D eigenvalue weighted by Gasteiger charge is -2.03. The Bertz CT molecular complexity index is 137. The largest absolute Gasteiger partial charge is 0.380 e. The van der Waals surface area contributed by atoms with Crippen molar-refractivity contribution in [3.05, 3.63) is 0 Å². The molecular weight excluding hydrogens is 233 g/mol. The van der Waals surface area contributed by atoms with Crippen molar-refractivity contribution in [2.45, 2.75) is 0 Å². The van der Waals surface area contributed by atoms with E-state index in [1.54, 1.807) is 0 Å². The van der Waals surface area contributed by atoms with Crippen LogP contribution in [0.15, 0.2) is 0 Å². The summed E-state index contributed by atoms with van der Waals surface area (Å²) in [6.07, 6.45) is -3.38. The van der Waals surface area contributed by atoms with E-state index >= 15 is 0 Å². The average Bonchev–Trinajstić information content (AvgIpc) is 1.85. The van der Waals surface area contributed by atoms with Crippen molar-refractivity contribution in [2.24, 2.45) is 0 Å². The second kappa shape index (κ2) is 6.53. The van der Waals surface area contributed by atoms with Crippen molar-refractivity contribution in [3.8, 4) is 0 Å². The minimum atomic E-state index is -3.38. The maximum Gasteiger partial charge on any atom is 0.380 e. The minimum absolute atomic E-state index is 0.112. The van der Waals surface area contributed by atoms with Crippen molar-refractivity contribution in [3.63, 3.8) is 0 Å². The molecule has 3 nitrogen and oxygen atoms in total. The number of hydrogen-bond donors (Lipinski definition) is 0. The van der Waals surface area contributed by atoms with Crippen LogP contribution in [-0.2, 0) is 13.8 Å². The summed E-state index contributed by atoms with van der Waals surface area (Å²) in [5.74, 6) is 0.416. The molecule has 0 saturated carbocycles. The SMILES string of the molecule is O=P(Cl)(Cl)OCCOCCCl. The smallest absolute Gasteiger partial charge is 0.378 e. The van der Waals surface area contributed by atoms with Gasteiger partial charge in [-0.3, -0.25) is 4.57 Å². The van der Waals surface area contributed by atoms with Gasteiger partial charge >= 0.3 is 6.07 Å². The van der Waals surface area contributed by atoms with E-state index in [1.165, 1.54) is 0 Å². The molecule has 0 aliphatic rings. The highest BCUT2D eigenvalue weighted by atomic mass is 35.9. The molecule has 0 fully saturated rings. The molecule has 0 heterocycles. The molecule has 0 bridgehead atoms. The summed E-state index contributed by atoms with van der Waals surface area (Å²) in [6, 6.07) is 0. The molecule has 68 valence electrons. The number of halogens is 3. The van der Waals surface area contributed by atoms with Crippen molar-refractivity contribution in [2.75, 3.05) is 25.7 Å². The molecule has 0 aromatic heterocycles. The molecule has 0 spiro atoms. The molecule has 0 aliphatic carbocycles. The van der Waals surface area contributed by atoms with E-state index in [1.807, 2.05) is 0 Å². The van der Waals surface area contributed by atoms with Crippen LogP contribution in [0.5, 0.6) is 0 Å². The van der Waals surface area contributed by atoms with Crippen LogP contribution < -0.4 is 0 Å². The minimum Gasteiger partial charge on any atom is -0.378 e. The first kappa shape index (κ1) is 12.0. The highest BCUT2D eigenvalue weighted by Crippen LogP contribution is 2.57. The predicted octanol–water partition coefficient (Wildman–Crippen LogP) is 2.84. The lowest BCUT2D eigenvalue weighted by molar-refractivity contribution is 0.115. The summed E-state index contributed by atoms with van der Waals surface area (Å²) in [6.45, 7) is 0.830. The zero-order valence-electron chi connectivity index (χ0n) is 5.63. The van der Waals surface area contributed by atoms with Gasteiger partial charge in [0.15, 0.2) is 0 Å². The van der Waals surface area contributed by atoms with Crippen LogP contribution >= 0.6 is 40.2 Å². The number of alkyl halides is 1. The monoisotopic (exact) mass is 240 g/mol. The van der Waals surface area contributed by atoms with Gasteiger partial charge in [-0.1, -0.05) is 0 Å². The average molecular weight is 241 g/mol. The summed E-state index contributed by atoms with van der Waals surface area (Å²) in [7, 11) is 0. The Morgan fingerprint density at radius 1 is 1.18 bits per heavy atom. The molecule has 0 saturated heterocycles. The van der Waals surface area contributed by atoms with Gasteiger partial charge in [-0.2, -0.15) is 0 Å². The van der Waals surface area contributed by atoms with Gasteiger partial charge in [0.2, 0.25) is 0 Å². The van der Waals surface area contributed by atoms with E-state index in [-0.39, 0.29) is 13.2 Å². The van der Waals surface area contributed by atoms with E-state index in [0.29, 0.717) is 12.5 Å². The summed E-state index contributed by atoms with van der Waals surface area (Å²) in [5.41, 5.74) is 0. The van der Waals surface area contributed by atoms with Crippen LogP contribution in [0.2, 0.25) is 0 Å². The van der Waals surface area contributed by atoms with Gasteiger partial charge in [0.1, 0.15) is 0 Å². The zero-order chi connectivity index (χ0) is 8.74. The molecule has 0 aromatic carbocycles. The predicted molar refractivity (Wildman–Crippen MR) is 46.8 cm³/mol. The summed E-state index contributed by atoms with van der Waals surface area (Å²) >= 11 is 15.4. The van der Waals surface area contributed by atoms with Crippen LogP contribution in [0.25, 0.3) is 0 Å². The maximum atomic E-state index is 10.5. The lowest BCUT2D eigenvalue weighted by atomic mass is 10.7. The van der Waals surface area contributed by atoms with Gasteiger partial charge in [-0.15, -0.1) is 11.6 Å². The lowest BCUT2D eigenvalue weighted by Crippen LogP contribution is -2.02. The third-order valence-electron chi connectivity index (χ3n) is 0.691. The molecule has 0 N–H and O–H groups in total. The summed E-state index contributed by atoms with van der Waals surface area (Å²) in [5, 5.41) is 0. The van der Waals surface area contributed by atoms with Crippen LogP contribution in [-0.4, -0.2) is 25.7 Å². The van der Waals surface area contributed by atoms with Crippen LogP contribution in [0.4, 0.5) is 0 Å². The van der Waals surface area contributed by atoms with Gasteiger partial charge in [-0.05, 0) is 22.5 Å². The Balaban J connectivity index is 3.09. The highest BCUT2D eigenvalue weighted by molar-refractivity contribution is 8.05. The summed E-state index contributed by atoms with van der Waals surface area (Å²) < 4.78 is 19.9. The first-order valence-electron chi connectivity index (χ1n) is 2.84. The second-order valence-corrected chi connectivity index (χ2v) is 6.20. The Morgan fingerprint density at radius 2 is 1.82 bits per heavy atom. The Hall–Kier alpha value is 1.02. The fraction of sp³-hybridized carbons (Fsp3) is 1.00. The van der Waals surface area contributed by atoms with Gasteiger partial charge in [0.05, 0.1) is 19.8 Å². The van der Waals surface area contributed by atoms with E-state index in [0.717, 1.165) is 0 Å². The quantitative estimate of drug-likeness (QED) is 0.407. The Labute approximate surface area is 79.9 Å². The maximum absolute atomic E-state index is 10.5. The molecule has 11 heavy (non-hydrogen) atoms. The van der Waals surface area contributed by atoms with E-state index in [2.05, 4.69) is 4.52 Å². The van der Waals surface area contributed by atoms with Gasteiger partial charge in [0.25, 0.3) is 0 Å². The molecule has 0 rings (SSSR count). The van der Waals surface area contributed by atoms with Crippen molar-refractivity contribution in [1.29, 1.82) is 0 Å². The molecule has 0 radical (unpaired) electrons. The number of rotatable bonds is 6. The molecule has 0 amide bonds. The molecule has 0 unspecified atom stereocenters. The van der Waals surface area contributed by atoms with Crippen molar-refractivity contribution >= 4 is 40.2 Å². The normalized spacial score (nSPS) is 11.9. The highest BCUT2D eigenvalue weighted by Gasteiger charge is 2.12. The Morgan fingerprint density at radius 3 is 2.27 bits per heavy atom. The van der Waals surface area contributed by atoms with Crippen LogP contribution in [0.1, 0.15) is 0 Å². The van der Waals surface area contributed by atoms with Crippen molar-refractivity contribution < 1.29 is 13.8 Å². The zero-order valence-corrected chi connectivity index (χ0v) is 8.80. The molecule has 0 aromatic rings. The van der Waals surface area contributed by atoms with E-state index < -0.39 is 6.07 Å². The van der Waals surface area contributed by atoms with Gasteiger partial charge in [-0.25, -0.2) is 0 Å².